The summed E-state index contributed by atoms with van der Waals surface area (Å²) in [6.45, 7) is 7.20. The number of hydrogen-bond acceptors (Lipinski definition) is 5. The molecule has 2 aromatic carbocycles. The maximum absolute atomic E-state index is 11.9. The van der Waals surface area contributed by atoms with Crippen LogP contribution in [0.2, 0.25) is 0 Å². The number of nitro groups is 1. The Morgan fingerprint density at radius 2 is 1.62 bits per heavy atom. The average Bonchev–Trinajstić information content (AvgIpc) is 2.60. The van der Waals surface area contributed by atoms with Crippen molar-refractivity contribution in [3.8, 4) is 0 Å². The summed E-state index contributed by atoms with van der Waals surface area (Å²) in [7, 11) is 0. The highest BCUT2D eigenvalue weighted by Crippen LogP contribution is 2.17. The van der Waals surface area contributed by atoms with Crippen LogP contribution in [0.3, 0.4) is 0 Å². The number of carbonyl (C=O) groups excluding carboxylic acids is 2. The lowest BCUT2D eigenvalue weighted by atomic mass is 10.1. The quantitative estimate of drug-likeness (QED) is 0.228. The number of benzene rings is 2. The molecule has 1 amide bonds. The van der Waals surface area contributed by atoms with Crippen LogP contribution >= 0.6 is 36.4 Å². The summed E-state index contributed by atoms with van der Waals surface area (Å²) in [5.41, 5.74) is 1.04. The van der Waals surface area contributed by atoms with Crippen molar-refractivity contribution in [1.29, 1.82) is 0 Å². The van der Waals surface area contributed by atoms with Crippen LogP contribution in [0.15, 0.2) is 48.5 Å². The van der Waals surface area contributed by atoms with Gasteiger partial charge in [-0.05, 0) is 57.0 Å². The summed E-state index contributed by atoms with van der Waals surface area (Å²) >= 11 is 5.27. The normalized spacial score (nSPS) is 9.72. The number of aryl methyl sites for hydroxylation is 1. The number of halogens is 3. The molecule has 0 heterocycles. The SMILES string of the molecule is CC(C)(C)N(N)C(=O)c1cccc([N+](=O)[O-])c1.Cc1ccccc1C(=O)Cl.Cl.Cl. The van der Waals surface area contributed by atoms with Gasteiger partial charge in [-0.25, -0.2) is 5.84 Å². The van der Waals surface area contributed by atoms with Gasteiger partial charge in [0.1, 0.15) is 0 Å². The minimum absolute atomic E-state index is 0. The molecule has 0 aromatic heterocycles. The number of rotatable bonds is 3. The Bertz CT molecular complexity index is 855. The molecule has 0 aliphatic heterocycles. The molecule has 29 heavy (non-hydrogen) atoms. The van der Waals surface area contributed by atoms with Gasteiger partial charge >= 0.3 is 0 Å². The van der Waals surface area contributed by atoms with Crippen LogP contribution in [0.1, 0.15) is 47.1 Å². The minimum atomic E-state index is -0.547. The third-order valence-electron chi connectivity index (χ3n) is 3.60. The molecular formula is C19H24Cl3N3O4. The van der Waals surface area contributed by atoms with E-state index in [9.17, 15) is 19.7 Å². The predicted molar refractivity (Wildman–Crippen MR) is 119 cm³/mol. The van der Waals surface area contributed by atoms with Gasteiger partial charge in [0.2, 0.25) is 0 Å². The Morgan fingerprint density at radius 1 is 1.07 bits per heavy atom. The van der Waals surface area contributed by atoms with E-state index in [1.165, 1.54) is 24.3 Å². The molecule has 0 aliphatic rings. The summed E-state index contributed by atoms with van der Waals surface area (Å²) in [6.07, 6.45) is 0. The van der Waals surface area contributed by atoms with E-state index >= 15 is 0 Å². The van der Waals surface area contributed by atoms with Crippen molar-refractivity contribution < 1.29 is 14.5 Å². The molecule has 0 atom stereocenters. The molecule has 10 heteroatoms. The standard InChI is InChI=1S/C11H15N3O3.C8H7ClO.2ClH/c1-11(2,3)13(12)10(15)8-5-4-6-9(7-8)14(16)17;1-6-4-2-3-5-7(6)8(9)10;;/h4-7H,12H2,1-3H3;2-5H,1H3;2*1H. The Labute approximate surface area is 187 Å². The zero-order chi connectivity index (χ0) is 20.8. The van der Waals surface area contributed by atoms with Crippen molar-refractivity contribution in [1.82, 2.24) is 5.01 Å². The summed E-state index contributed by atoms with van der Waals surface area (Å²) in [5.74, 6) is 5.22. The zero-order valence-corrected chi connectivity index (χ0v) is 18.8. The van der Waals surface area contributed by atoms with Crippen LogP contribution < -0.4 is 5.84 Å². The maximum atomic E-state index is 11.9. The number of hydrogen-bond donors (Lipinski definition) is 1. The van der Waals surface area contributed by atoms with E-state index in [4.69, 9.17) is 17.4 Å². The molecule has 160 valence electrons. The van der Waals surface area contributed by atoms with Gasteiger partial charge in [-0.1, -0.05) is 24.3 Å². The fraction of sp³-hybridized carbons (Fsp3) is 0.263. The predicted octanol–water partition coefficient (Wildman–Crippen LogP) is 4.93. The molecular weight excluding hydrogens is 441 g/mol. The maximum Gasteiger partial charge on any atom is 0.270 e. The number of amides is 1. The molecule has 0 bridgehead atoms. The molecule has 0 aliphatic carbocycles. The zero-order valence-electron chi connectivity index (χ0n) is 16.4. The van der Waals surface area contributed by atoms with Crippen LogP contribution in [0.4, 0.5) is 5.69 Å². The number of non-ortho nitro benzene ring substituents is 1. The van der Waals surface area contributed by atoms with Crippen LogP contribution in [0.5, 0.6) is 0 Å². The number of nitrogens with two attached hydrogens (primary N) is 1. The van der Waals surface area contributed by atoms with Crippen LogP contribution in [-0.4, -0.2) is 26.6 Å². The largest absolute Gasteiger partial charge is 0.276 e. The molecule has 0 saturated heterocycles. The third-order valence-corrected chi connectivity index (χ3v) is 3.81. The summed E-state index contributed by atoms with van der Waals surface area (Å²) in [5, 5.41) is 11.3. The Balaban J connectivity index is 0. The third kappa shape index (κ3) is 8.79. The first-order valence-corrected chi connectivity index (χ1v) is 8.42. The molecule has 7 nitrogen and oxygen atoms in total. The molecule has 0 unspecified atom stereocenters. The second kappa shape index (κ2) is 12.4. The summed E-state index contributed by atoms with van der Waals surface area (Å²) in [4.78, 5) is 32.6. The molecule has 2 rings (SSSR count). The van der Waals surface area contributed by atoms with Crippen LogP contribution in [0, 0.1) is 17.0 Å². The van der Waals surface area contributed by atoms with E-state index < -0.39 is 21.6 Å². The lowest BCUT2D eigenvalue weighted by Gasteiger charge is -2.30. The fourth-order valence-corrected chi connectivity index (χ4v) is 2.20. The Morgan fingerprint density at radius 3 is 2.03 bits per heavy atom. The Kier molecular flexibility index (Phi) is 12.4. The van der Waals surface area contributed by atoms with E-state index in [2.05, 4.69) is 0 Å². The van der Waals surface area contributed by atoms with Gasteiger partial charge < -0.3 is 0 Å². The monoisotopic (exact) mass is 463 g/mol. The second-order valence-corrected chi connectivity index (χ2v) is 7.09. The van der Waals surface area contributed by atoms with Crippen molar-refractivity contribution >= 4 is 53.3 Å². The first-order chi connectivity index (χ1) is 12.4. The van der Waals surface area contributed by atoms with Gasteiger partial charge in [0.15, 0.2) is 0 Å². The van der Waals surface area contributed by atoms with E-state index in [0.717, 1.165) is 10.6 Å². The first-order valence-electron chi connectivity index (χ1n) is 8.04. The van der Waals surface area contributed by atoms with E-state index in [1.807, 2.05) is 19.1 Å². The van der Waals surface area contributed by atoms with E-state index in [-0.39, 0.29) is 36.1 Å². The summed E-state index contributed by atoms with van der Waals surface area (Å²) < 4.78 is 0. The van der Waals surface area contributed by atoms with Crippen LogP contribution in [-0.2, 0) is 0 Å². The highest BCUT2D eigenvalue weighted by molar-refractivity contribution is 6.67. The Hall–Kier alpha value is -2.19. The number of hydrazine groups is 1. The van der Waals surface area contributed by atoms with Crippen molar-refractivity contribution in [2.45, 2.75) is 33.2 Å². The van der Waals surface area contributed by atoms with Gasteiger partial charge in [-0.2, -0.15) is 0 Å². The first kappa shape index (κ1) is 29.0. The van der Waals surface area contributed by atoms with E-state index in [1.54, 1.807) is 32.9 Å². The van der Waals surface area contributed by atoms with Crippen molar-refractivity contribution in [3.05, 3.63) is 75.3 Å². The molecule has 2 aromatic rings. The van der Waals surface area contributed by atoms with Crippen LogP contribution in [0.25, 0.3) is 0 Å². The summed E-state index contributed by atoms with van der Waals surface area (Å²) in [6, 6.07) is 12.7. The highest BCUT2D eigenvalue weighted by atomic mass is 35.5. The lowest BCUT2D eigenvalue weighted by Crippen LogP contribution is -2.50. The lowest BCUT2D eigenvalue weighted by molar-refractivity contribution is -0.384. The molecule has 0 radical (unpaired) electrons. The number of carbonyl (C=O) groups is 2. The fourth-order valence-electron chi connectivity index (χ4n) is 1.99. The van der Waals surface area contributed by atoms with E-state index in [0.29, 0.717) is 5.56 Å². The van der Waals surface area contributed by atoms with Gasteiger partial charge in [0, 0.05) is 23.3 Å². The van der Waals surface area contributed by atoms with Crippen molar-refractivity contribution in [2.75, 3.05) is 0 Å². The van der Waals surface area contributed by atoms with Gasteiger partial charge in [-0.15, -0.1) is 24.8 Å². The molecule has 0 saturated carbocycles. The number of nitro benzene ring substituents is 1. The molecule has 2 N–H and O–H groups in total. The highest BCUT2D eigenvalue weighted by Gasteiger charge is 2.25. The molecule has 0 fully saturated rings. The second-order valence-electron chi connectivity index (χ2n) is 6.74. The van der Waals surface area contributed by atoms with Gasteiger partial charge in [0.25, 0.3) is 16.8 Å². The average molecular weight is 465 g/mol. The number of nitrogens with zero attached hydrogens (tertiary/aromatic N) is 2. The van der Waals surface area contributed by atoms with Gasteiger partial charge in [-0.3, -0.25) is 24.7 Å². The van der Waals surface area contributed by atoms with Gasteiger partial charge in [0.05, 0.1) is 10.5 Å². The van der Waals surface area contributed by atoms with Crippen molar-refractivity contribution in [3.63, 3.8) is 0 Å². The molecule has 0 spiro atoms. The topological polar surface area (TPSA) is 107 Å². The minimum Gasteiger partial charge on any atom is -0.276 e. The smallest absolute Gasteiger partial charge is 0.270 e. The van der Waals surface area contributed by atoms with Crippen molar-refractivity contribution in [2.24, 2.45) is 5.84 Å².